The number of hydrogen-bond donors (Lipinski definition) is 2. The van der Waals surface area contributed by atoms with Crippen LogP contribution in [0, 0.1) is 11.3 Å². The van der Waals surface area contributed by atoms with Crippen LogP contribution in [0.5, 0.6) is 0 Å². The first-order chi connectivity index (χ1) is 7.22. The molecule has 0 aliphatic rings. The van der Waals surface area contributed by atoms with Gasteiger partial charge in [-0.25, -0.2) is 0 Å². The maximum atomic E-state index is 11.3. The van der Waals surface area contributed by atoms with Gasteiger partial charge in [0.15, 0.2) is 0 Å². The average molecular weight is 203 g/mol. The Morgan fingerprint density at radius 1 is 1.53 bits per heavy atom. The average Bonchev–Trinajstić information content (AvgIpc) is 2.18. The molecule has 0 saturated heterocycles. The monoisotopic (exact) mass is 203 g/mol. The molecule has 0 heterocycles. The molecule has 0 fully saturated rings. The number of nitrogens with zero attached hydrogens (tertiary/aromatic N) is 1. The molecule has 0 unspecified atom stereocenters. The van der Waals surface area contributed by atoms with E-state index in [1.54, 1.807) is 12.1 Å². The van der Waals surface area contributed by atoms with Crippen LogP contribution in [-0.4, -0.2) is 12.5 Å². The lowest BCUT2D eigenvalue weighted by Gasteiger charge is -2.03. The molecule has 3 N–H and O–H groups in total. The lowest BCUT2D eigenvalue weighted by Crippen LogP contribution is -2.25. The Morgan fingerprint density at radius 3 is 3.00 bits per heavy atom. The van der Waals surface area contributed by atoms with E-state index in [9.17, 15) is 4.79 Å². The second-order valence-electron chi connectivity index (χ2n) is 3.18. The molecule has 4 nitrogen and oxygen atoms in total. The van der Waals surface area contributed by atoms with E-state index in [1.807, 2.05) is 18.2 Å². The van der Waals surface area contributed by atoms with Crippen LogP contribution in [0.4, 0.5) is 5.69 Å². The van der Waals surface area contributed by atoms with Crippen LogP contribution < -0.4 is 11.1 Å². The normalized spacial score (nSPS) is 9.27. The van der Waals surface area contributed by atoms with E-state index in [0.29, 0.717) is 25.1 Å². The Bertz CT molecular complexity index is 382. The van der Waals surface area contributed by atoms with Crippen LogP contribution in [0.1, 0.15) is 12.0 Å². The summed E-state index contributed by atoms with van der Waals surface area (Å²) in [6.07, 6.45) is 0.638. The van der Waals surface area contributed by atoms with Crippen molar-refractivity contribution in [2.75, 3.05) is 12.3 Å². The number of hydrogen-bond acceptors (Lipinski definition) is 3. The molecule has 0 saturated carbocycles. The predicted molar refractivity (Wildman–Crippen MR) is 57.8 cm³/mol. The summed E-state index contributed by atoms with van der Waals surface area (Å²) in [4.78, 5) is 11.3. The molecule has 0 atom stereocenters. The van der Waals surface area contributed by atoms with Gasteiger partial charge in [0.1, 0.15) is 0 Å². The fourth-order valence-electron chi connectivity index (χ4n) is 1.21. The maximum Gasteiger partial charge on any atom is 0.224 e. The second kappa shape index (κ2) is 5.66. The summed E-state index contributed by atoms with van der Waals surface area (Å²) in [5.74, 6) is -0.0872. The van der Waals surface area contributed by atoms with Gasteiger partial charge in [-0.2, -0.15) is 5.26 Å². The van der Waals surface area contributed by atoms with E-state index in [2.05, 4.69) is 5.32 Å². The third-order valence-electron chi connectivity index (χ3n) is 1.87. The highest BCUT2D eigenvalue weighted by molar-refractivity contribution is 5.78. The number of nitriles is 1. The molecule has 0 spiro atoms. The van der Waals surface area contributed by atoms with Crippen molar-refractivity contribution >= 4 is 11.6 Å². The quantitative estimate of drug-likeness (QED) is 0.562. The molecule has 1 aromatic rings. The minimum Gasteiger partial charge on any atom is -0.399 e. The smallest absolute Gasteiger partial charge is 0.224 e. The topological polar surface area (TPSA) is 78.9 Å². The van der Waals surface area contributed by atoms with Crippen molar-refractivity contribution in [2.45, 2.75) is 12.8 Å². The van der Waals surface area contributed by atoms with Gasteiger partial charge in [0.05, 0.1) is 18.9 Å². The maximum absolute atomic E-state index is 11.3. The summed E-state index contributed by atoms with van der Waals surface area (Å²) < 4.78 is 0. The van der Waals surface area contributed by atoms with Crippen molar-refractivity contribution in [2.24, 2.45) is 0 Å². The number of nitrogen functional groups attached to an aromatic ring is 1. The SMILES string of the molecule is N#CCCNC(=O)Cc1cccc(N)c1. The number of carbonyl (C=O) groups excluding carboxylic acids is 1. The van der Waals surface area contributed by atoms with Crippen LogP contribution >= 0.6 is 0 Å². The van der Waals surface area contributed by atoms with Crippen LogP contribution in [0.3, 0.4) is 0 Å². The third-order valence-corrected chi connectivity index (χ3v) is 1.87. The number of amides is 1. The first-order valence-electron chi connectivity index (χ1n) is 4.70. The zero-order valence-electron chi connectivity index (χ0n) is 8.36. The largest absolute Gasteiger partial charge is 0.399 e. The zero-order valence-corrected chi connectivity index (χ0v) is 8.36. The van der Waals surface area contributed by atoms with Crippen LogP contribution in [-0.2, 0) is 11.2 Å². The molecule has 78 valence electrons. The van der Waals surface area contributed by atoms with Crippen molar-refractivity contribution in [3.63, 3.8) is 0 Å². The van der Waals surface area contributed by atoms with E-state index < -0.39 is 0 Å². The van der Waals surface area contributed by atoms with Gasteiger partial charge in [0.2, 0.25) is 5.91 Å². The number of nitrogens with one attached hydrogen (secondary N) is 1. The summed E-state index contributed by atoms with van der Waals surface area (Å²) in [5.41, 5.74) is 7.11. The summed E-state index contributed by atoms with van der Waals surface area (Å²) in [5, 5.41) is 10.9. The number of nitrogens with two attached hydrogens (primary N) is 1. The standard InChI is InChI=1S/C11H13N3O/c12-5-2-6-14-11(15)8-9-3-1-4-10(13)7-9/h1,3-4,7H,2,6,8,13H2,(H,14,15). The summed E-state index contributed by atoms with van der Waals surface area (Å²) in [6.45, 7) is 0.400. The number of rotatable bonds is 4. The van der Waals surface area contributed by atoms with E-state index in [4.69, 9.17) is 11.0 Å². The van der Waals surface area contributed by atoms with Gasteiger partial charge in [0, 0.05) is 12.2 Å². The van der Waals surface area contributed by atoms with E-state index in [-0.39, 0.29) is 5.91 Å². The molecule has 15 heavy (non-hydrogen) atoms. The molecule has 0 bridgehead atoms. The number of carbonyl (C=O) groups is 1. The lowest BCUT2D eigenvalue weighted by molar-refractivity contribution is -0.120. The van der Waals surface area contributed by atoms with E-state index in [1.165, 1.54) is 0 Å². The number of anilines is 1. The molecule has 0 radical (unpaired) electrons. The van der Waals surface area contributed by atoms with Crippen molar-refractivity contribution in [1.82, 2.24) is 5.32 Å². The fraction of sp³-hybridized carbons (Fsp3) is 0.273. The Hall–Kier alpha value is -2.02. The van der Waals surface area contributed by atoms with Gasteiger partial charge >= 0.3 is 0 Å². The highest BCUT2D eigenvalue weighted by atomic mass is 16.1. The fourth-order valence-corrected chi connectivity index (χ4v) is 1.21. The molecule has 1 amide bonds. The molecule has 0 aliphatic heterocycles. The number of benzene rings is 1. The van der Waals surface area contributed by atoms with Gasteiger partial charge < -0.3 is 11.1 Å². The molecule has 4 heteroatoms. The molecule has 0 aromatic heterocycles. The van der Waals surface area contributed by atoms with Crippen LogP contribution in [0.15, 0.2) is 24.3 Å². The van der Waals surface area contributed by atoms with Gasteiger partial charge in [-0.1, -0.05) is 12.1 Å². The van der Waals surface area contributed by atoms with E-state index >= 15 is 0 Å². The zero-order chi connectivity index (χ0) is 11.1. The minimum absolute atomic E-state index is 0.0872. The van der Waals surface area contributed by atoms with Crippen molar-refractivity contribution in [3.8, 4) is 6.07 Å². The van der Waals surface area contributed by atoms with Crippen molar-refractivity contribution < 1.29 is 4.79 Å². The first kappa shape index (κ1) is 11.1. The van der Waals surface area contributed by atoms with Crippen LogP contribution in [0.25, 0.3) is 0 Å². The molecular formula is C11H13N3O. The Kier molecular flexibility index (Phi) is 4.17. The summed E-state index contributed by atoms with van der Waals surface area (Å²) in [7, 11) is 0. The molecule has 1 rings (SSSR count). The van der Waals surface area contributed by atoms with E-state index in [0.717, 1.165) is 5.56 Å². The van der Waals surface area contributed by atoms with Crippen LogP contribution in [0.2, 0.25) is 0 Å². The van der Waals surface area contributed by atoms with Crippen molar-refractivity contribution in [1.29, 1.82) is 5.26 Å². The van der Waals surface area contributed by atoms with Gasteiger partial charge in [0.25, 0.3) is 0 Å². The van der Waals surface area contributed by atoms with Gasteiger partial charge in [-0.3, -0.25) is 4.79 Å². The highest BCUT2D eigenvalue weighted by Gasteiger charge is 2.02. The first-order valence-corrected chi connectivity index (χ1v) is 4.70. The Balaban J connectivity index is 2.42. The minimum atomic E-state index is -0.0872. The highest BCUT2D eigenvalue weighted by Crippen LogP contribution is 2.06. The lowest BCUT2D eigenvalue weighted by atomic mass is 10.1. The second-order valence-corrected chi connectivity index (χ2v) is 3.18. The Morgan fingerprint density at radius 2 is 2.33 bits per heavy atom. The predicted octanol–water partition coefficient (Wildman–Crippen LogP) is 0.841. The third kappa shape index (κ3) is 4.14. The summed E-state index contributed by atoms with van der Waals surface area (Å²) in [6, 6.07) is 9.16. The summed E-state index contributed by atoms with van der Waals surface area (Å²) >= 11 is 0. The Labute approximate surface area is 88.7 Å². The molecular weight excluding hydrogens is 190 g/mol. The van der Waals surface area contributed by atoms with Gasteiger partial charge in [-0.15, -0.1) is 0 Å². The molecule has 1 aromatic carbocycles. The molecule has 0 aliphatic carbocycles. The van der Waals surface area contributed by atoms with Gasteiger partial charge in [-0.05, 0) is 17.7 Å². The van der Waals surface area contributed by atoms with Crippen molar-refractivity contribution in [3.05, 3.63) is 29.8 Å².